The Hall–Kier alpha value is -2.69. The molecule has 1 fully saturated rings. The minimum Gasteiger partial charge on any atom is -0.380 e. The molecular formula is C27H41N5O4S. The van der Waals surface area contributed by atoms with Gasteiger partial charge in [0.05, 0.1) is 18.9 Å². The van der Waals surface area contributed by atoms with Gasteiger partial charge in [0, 0.05) is 38.9 Å². The van der Waals surface area contributed by atoms with Crippen LogP contribution in [-0.2, 0) is 21.2 Å². The average Bonchev–Trinajstić information content (AvgIpc) is 3.56. The molecule has 4 atom stereocenters. The molecule has 1 amide bonds. The van der Waals surface area contributed by atoms with Gasteiger partial charge in [0.15, 0.2) is 0 Å². The number of ether oxygens (including phenoxy) is 1. The Balaban J connectivity index is 1.88. The number of hydrogen-bond acceptors (Lipinski definition) is 7. The van der Waals surface area contributed by atoms with E-state index in [0.717, 1.165) is 35.5 Å². The number of carbonyl (C=O) groups is 1. The maximum absolute atomic E-state index is 13.5. The van der Waals surface area contributed by atoms with E-state index in [1.54, 1.807) is 6.07 Å². The standard InChI is InChI=1S/C27H41N5O4S/c1-6-12-36-18-23(28)24(14-20-10-8-7-9-11-20)29-27(33)21-15-25(31(3)17-22-13-19(22)2)30-26(16-21)32(4)37(5,34)35/h7-11,15-16,19,22-24H,6,12-14,17-18,28H2,1-5H3,(H,29,33)/t19-,22+,23-,24-/m0/s1. The number of nitrogens with zero attached hydrogens (tertiary/aromatic N) is 3. The molecule has 0 radical (unpaired) electrons. The predicted molar refractivity (Wildman–Crippen MR) is 149 cm³/mol. The van der Waals surface area contributed by atoms with Crippen LogP contribution in [0, 0.1) is 11.8 Å². The molecule has 1 saturated carbocycles. The van der Waals surface area contributed by atoms with Gasteiger partial charge in [0.25, 0.3) is 5.91 Å². The third kappa shape index (κ3) is 8.41. The zero-order chi connectivity index (χ0) is 27.2. The summed E-state index contributed by atoms with van der Waals surface area (Å²) in [7, 11) is -0.215. The van der Waals surface area contributed by atoms with E-state index < -0.39 is 16.1 Å². The number of rotatable bonds is 14. The van der Waals surface area contributed by atoms with Crippen molar-refractivity contribution in [3.05, 3.63) is 53.6 Å². The van der Waals surface area contributed by atoms with Gasteiger partial charge in [-0.1, -0.05) is 44.2 Å². The molecule has 2 aromatic rings. The summed E-state index contributed by atoms with van der Waals surface area (Å²) in [5, 5.41) is 3.08. The molecule has 1 aromatic carbocycles. The van der Waals surface area contributed by atoms with E-state index in [9.17, 15) is 13.2 Å². The van der Waals surface area contributed by atoms with Crippen LogP contribution in [0.2, 0.25) is 0 Å². The molecule has 9 nitrogen and oxygen atoms in total. The number of amides is 1. The van der Waals surface area contributed by atoms with Crippen LogP contribution >= 0.6 is 0 Å². The molecule has 1 aliphatic carbocycles. The largest absolute Gasteiger partial charge is 0.380 e. The van der Waals surface area contributed by atoms with Crippen LogP contribution in [0.15, 0.2) is 42.5 Å². The minimum atomic E-state index is -3.57. The lowest BCUT2D eigenvalue weighted by Crippen LogP contribution is -2.51. The first-order valence-electron chi connectivity index (χ1n) is 12.8. The summed E-state index contributed by atoms with van der Waals surface area (Å²) >= 11 is 0. The highest BCUT2D eigenvalue weighted by atomic mass is 32.2. The summed E-state index contributed by atoms with van der Waals surface area (Å²) in [5.41, 5.74) is 7.84. The maximum Gasteiger partial charge on any atom is 0.251 e. The first kappa shape index (κ1) is 28.9. The summed E-state index contributed by atoms with van der Waals surface area (Å²) < 4.78 is 31.3. The van der Waals surface area contributed by atoms with Crippen LogP contribution in [0.1, 0.15) is 42.6 Å². The van der Waals surface area contributed by atoms with Crippen molar-refractivity contribution < 1.29 is 17.9 Å². The molecule has 3 rings (SSSR count). The van der Waals surface area contributed by atoms with Crippen molar-refractivity contribution in [2.45, 2.75) is 45.2 Å². The number of hydrogen-bond donors (Lipinski definition) is 2. The molecule has 0 aliphatic heterocycles. The van der Waals surface area contributed by atoms with Gasteiger partial charge >= 0.3 is 0 Å². The first-order valence-corrected chi connectivity index (χ1v) is 14.7. The number of nitrogens with two attached hydrogens (primary N) is 1. The lowest BCUT2D eigenvalue weighted by Gasteiger charge is -2.26. The van der Waals surface area contributed by atoms with Gasteiger partial charge in [-0.2, -0.15) is 0 Å². The number of aromatic nitrogens is 1. The van der Waals surface area contributed by atoms with E-state index >= 15 is 0 Å². The molecule has 0 unspecified atom stereocenters. The number of carbonyl (C=O) groups excluding carboxylic acids is 1. The summed E-state index contributed by atoms with van der Waals surface area (Å²) in [6, 6.07) is 12.2. The summed E-state index contributed by atoms with van der Waals surface area (Å²) in [4.78, 5) is 20.1. The molecule has 0 bridgehead atoms. The van der Waals surface area contributed by atoms with Crippen LogP contribution in [-0.4, -0.2) is 71.5 Å². The predicted octanol–water partition coefficient (Wildman–Crippen LogP) is 2.66. The Morgan fingerprint density at radius 1 is 1.22 bits per heavy atom. The maximum atomic E-state index is 13.5. The smallest absolute Gasteiger partial charge is 0.251 e. The van der Waals surface area contributed by atoms with Gasteiger partial charge in [-0.15, -0.1) is 0 Å². The second-order valence-electron chi connectivity index (χ2n) is 10.2. The number of pyridine rings is 1. The van der Waals surface area contributed by atoms with Crippen molar-refractivity contribution in [3.8, 4) is 0 Å². The number of benzene rings is 1. The Kier molecular flexibility index (Phi) is 9.92. The molecule has 0 spiro atoms. The van der Waals surface area contributed by atoms with Crippen LogP contribution in [0.3, 0.4) is 0 Å². The molecular weight excluding hydrogens is 490 g/mol. The van der Waals surface area contributed by atoms with Crippen LogP contribution in [0.5, 0.6) is 0 Å². The van der Waals surface area contributed by atoms with E-state index in [1.165, 1.54) is 13.1 Å². The van der Waals surface area contributed by atoms with Gasteiger partial charge in [-0.25, -0.2) is 13.4 Å². The molecule has 0 saturated heterocycles. The highest BCUT2D eigenvalue weighted by molar-refractivity contribution is 7.92. The molecule has 1 heterocycles. The monoisotopic (exact) mass is 531 g/mol. The Labute approximate surface area is 221 Å². The van der Waals surface area contributed by atoms with Gasteiger partial charge in [-0.3, -0.25) is 9.10 Å². The Morgan fingerprint density at radius 3 is 2.46 bits per heavy atom. The van der Waals surface area contributed by atoms with Crippen LogP contribution < -0.4 is 20.3 Å². The second kappa shape index (κ2) is 12.7. The zero-order valence-electron chi connectivity index (χ0n) is 22.6. The van der Waals surface area contributed by atoms with Crippen molar-refractivity contribution in [1.29, 1.82) is 0 Å². The molecule has 1 aromatic heterocycles. The SMILES string of the molecule is CCCOC[C@H](N)[C@H](Cc1ccccc1)NC(=O)c1cc(N(C)C[C@H]2C[C@@H]2C)nc(N(C)S(C)(=O)=O)c1. The van der Waals surface area contributed by atoms with Crippen molar-refractivity contribution >= 4 is 27.6 Å². The third-order valence-electron chi connectivity index (χ3n) is 6.85. The third-order valence-corrected chi connectivity index (χ3v) is 8.03. The van der Waals surface area contributed by atoms with Gasteiger partial charge < -0.3 is 20.7 Å². The number of nitrogens with one attached hydrogen (secondary N) is 1. The molecule has 37 heavy (non-hydrogen) atoms. The highest BCUT2D eigenvalue weighted by Crippen LogP contribution is 2.38. The summed E-state index contributed by atoms with van der Waals surface area (Å²) in [5.74, 6) is 1.62. The fraction of sp³-hybridized carbons (Fsp3) is 0.556. The van der Waals surface area contributed by atoms with Crippen LogP contribution in [0.4, 0.5) is 11.6 Å². The highest BCUT2D eigenvalue weighted by Gasteiger charge is 2.34. The summed E-state index contributed by atoms with van der Waals surface area (Å²) in [6.07, 6.45) is 3.68. The Bertz CT molecular complexity index is 1140. The van der Waals surface area contributed by atoms with E-state index in [1.807, 2.05) is 49.2 Å². The van der Waals surface area contributed by atoms with E-state index in [2.05, 4.69) is 17.2 Å². The number of anilines is 2. The van der Waals surface area contributed by atoms with E-state index in [-0.39, 0.29) is 17.8 Å². The molecule has 3 N–H and O–H groups in total. The molecule has 204 valence electrons. The minimum absolute atomic E-state index is 0.191. The van der Waals surface area contributed by atoms with Gasteiger partial charge in [-0.05, 0) is 48.8 Å². The topological polar surface area (TPSA) is 118 Å². The average molecular weight is 532 g/mol. The number of sulfonamides is 1. The summed E-state index contributed by atoms with van der Waals surface area (Å²) in [6.45, 7) is 5.94. The van der Waals surface area contributed by atoms with Gasteiger partial charge in [0.2, 0.25) is 10.0 Å². The van der Waals surface area contributed by atoms with Crippen molar-refractivity contribution in [2.24, 2.45) is 17.6 Å². The quantitative estimate of drug-likeness (QED) is 0.360. The van der Waals surface area contributed by atoms with Crippen LogP contribution in [0.25, 0.3) is 0 Å². The van der Waals surface area contributed by atoms with Gasteiger partial charge in [0.1, 0.15) is 11.6 Å². The fourth-order valence-electron chi connectivity index (χ4n) is 4.17. The molecule has 1 aliphatic rings. The van der Waals surface area contributed by atoms with E-state index in [0.29, 0.717) is 42.9 Å². The van der Waals surface area contributed by atoms with Crippen molar-refractivity contribution in [3.63, 3.8) is 0 Å². The van der Waals surface area contributed by atoms with Crippen molar-refractivity contribution in [1.82, 2.24) is 10.3 Å². The lowest BCUT2D eigenvalue weighted by atomic mass is 9.99. The second-order valence-corrected chi connectivity index (χ2v) is 12.2. The fourth-order valence-corrected chi connectivity index (χ4v) is 4.60. The zero-order valence-corrected chi connectivity index (χ0v) is 23.4. The van der Waals surface area contributed by atoms with E-state index in [4.69, 9.17) is 10.5 Å². The lowest BCUT2D eigenvalue weighted by molar-refractivity contribution is 0.0879. The first-order chi connectivity index (χ1) is 17.5. The molecule has 10 heteroatoms. The Morgan fingerprint density at radius 2 is 1.86 bits per heavy atom. The normalized spacial score (nSPS) is 18.6. The van der Waals surface area contributed by atoms with Crippen molar-refractivity contribution in [2.75, 3.05) is 49.3 Å².